The van der Waals surface area contributed by atoms with E-state index in [1.807, 2.05) is 30.3 Å². The summed E-state index contributed by atoms with van der Waals surface area (Å²) in [4.78, 5) is 45.6. The van der Waals surface area contributed by atoms with Crippen molar-refractivity contribution in [2.75, 3.05) is 0 Å². The molecule has 0 bridgehead atoms. The number of benzene rings is 2. The van der Waals surface area contributed by atoms with Crippen molar-refractivity contribution in [2.24, 2.45) is 11.8 Å². The summed E-state index contributed by atoms with van der Waals surface area (Å²) in [6, 6.07) is 19.8. The Morgan fingerprint density at radius 2 is 1.65 bits per heavy atom. The predicted molar refractivity (Wildman–Crippen MR) is 121 cm³/mol. The molecule has 1 aromatic heterocycles. The molecule has 8 nitrogen and oxygen atoms in total. The Morgan fingerprint density at radius 3 is 2.29 bits per heavy atom. The fourth-order valence-corrected chi connectivity index (χ4v) is 5.17. The number of carbonyl (C=O) groups excluding carboxylic acids is 2. The van der Waals surface area contributed by atoms with E-state index in [0.29, 0.717) is 11.3 Å². The van der Waals surface area contributed by atoms with Gasteiger partial charge >= 0.3 is 5.97 Å². The van der Waals surface area contributed by atoms with Crippen LogP contribution in [0.5, 0.6) is 5.75 Å². The third-order valence-corrected chi connectivity index (χ3v) is 6.74. The van der Waals surface area contributed by atoms with E-state index in [1.165, 1.54) is 17.0 Å². The number of amides is 2. The van der Waals surface area contributed by atoms with E-state index in [4.69, 9.17) is 0 Å². The average molecular weight is 457 g/mol. The molecule has 2 amide bonds. The number of carboxylic acid groups (broad SMARTS) is 1. The van der Waals surface area contributed by atoms with Crippen LogP contribution in [-0.2, 0) is 27.3 Å². The van der Waals surface area contributed by atoms with E-state index < -0.39 is 41.2 Å². The van der Waals surface area contributed by atoms with Gasteiger partial charge in [-0.3, -0.25) is 29.6 Å². The van der Waals surface area contributed by atoms with Gasteiger partial charge in [-0.25, -0.2) is 0 Å². The minimum absolute atomic E-state index is 0.0364. The van der Waals surface area contributed by atoms with E-state index in [0.717, 1.165) is 5.56 Å². The number of nitrogens with zero attached hydrogens (tertiary/aromatic N) is 2. The molecule has 0 spiro atoms. The van der Waals surface area contributed by atoms with Gasteiger partial charge in [-0.1, -0.05) is 48.5 Å². The molecule has 3 N–H and O–H groups in total. The van der Waals surface area contributed by atoms with Crippen LogP contribution in [0.15, 0.2) is 79.0 Å². The number of hydrogen-bond acceptors (Lipinski definition) is 6. The van der Waals surface area contributed by atoms with Crippen molar-refractivity contribution in [3.05, 3.63) is 95.8 Å². The predicted octanol–water partition coefficient (Wildman–Crippen LogP) is 2.30. The number of aromatic hydroxyl groups is 1. The van der Waals surface area contributed by atoms with Gasteiger partial charge in [0.05, 0.1) is 30.1 Å². The number of aliphatic carboxylic acids is 1. The first-order chi connectivity index (χ1) is 16.4. The Morgan fingerprint density at radius 1 is 0.941 bits per heavy atom. The second kappa shape index (κ2) is 8.39. The lowest BCUT2D eigenvalue weighted by Gasteiger charge is -2.31. The van der Waals surface area contributed by atoms with Crippen molar-refractivity contribution in [3.63, 3.8) is 0 Å². The maximum absolute atomic E-state index is 13.7. The van der Waals surface area contributed by atoms with Crippen molar-refractivity contribution in [3.8, 4) is 5.75 Å². The number of carbonyl (C=O) groups is 3. The fraction of sp³-hybridized carbons (Fsp3) is 0.231. The summed E-state index contributed by atoms with van der Waals surface area (Å²) in [5.41, 5.74) is 0.192. The van der Waals surface area contributed by atoms with Crippen LogP contribution in [0.4, 0.5) is 0 Å². The summed E-state index contributed by atoms with van der Waals surface area (Å²) >= 11 is 0. The van der Waals surface area contributed by atoms with Gasteiger partial charge < -0.3 is 10.2 Å². The van der Waals surface area contributed by atoms with Crippen molar-refractivity contribution in [2.45, 2.75) is 24.5 Å². The second-order valence-electron chi connectivity index (χ2n) is 8.75. The molecule has 4 atom stereocenters. The Kier molecular flexibility index (Phi) is 5.37. The van der Waals surface area contributed by atoms with Gasteiger partial charge in [0.2, 0.25) is 11.8 Å². The molecule has 5 rings (SSSR count). The fourth-order valence-electron chi connectivity index (χ4n) is 5.17. The van der Waals surface area contributed by atoms with Crippen molar-refractivity contribution < 1.29 is 24.6 Å². The molecule has 4 unspecified atom stereocenters. The summed E-state index contributed by atoms with van der Waals surface area (Å²) in [7, 11) is 0. The van der Waals surface area contributed by atoms with E-state index in [-0.39, 0.29) is 18.7 Å². The minimum Gasteiger partial charge on any atom is -0.508 e. The maximum Gasteiger partial charge on any atom is 0.325 e. The van der Waals surface area contributed by atoms with Crippen LogP contribution < -0.4 is 5.32 Å². The van der Waals surface area contributed by atoms with E-state index in [2.05, 4.69) is 10.3 Å². The molecule has 2 aromatic carbocycles. The molecule has 8 heteroatoms. The van der Waals surface area contributed by atoms with Crippen LogP contribution >= 0.6 is 0 Å². The van der Waals surface area contributed by atoms with Gasteiger partial charge in [0.15, 0.2) is 0 Å². The Balaban J connectivity index is 1.59. The Labute approximate surface area is 195 Å². The smallest absolute Gasteiger partial charge is 0.325 e. The molecule has 2 aliphatic rings. The molecule has 0 saturated carbocycles. The zero-order valence-electron chi connectivity index (χ0n) is 18.2. The molecule has 2 aliphatic heterocycles. The first-order valence-corrected chi connectivity index (χ1v) is 11.0. The normalized spacial score (nSPS) is 26.0. The number of hydrogen-bond donors (Lipinski definition) is 3. The van der Waals surface area contributed by atoms with Crippen LogP contribution in [0.1, 0.15) is 22.9 Å². The quantitative estimate of drug-likeness (QED) is 0.486. The third-order valence-electron chi connectivity index (χ3n) is 6.74. The molecular formula is C26H23N3O5. The van der Waals surface area contributed by atoms with Crippen LogP contribution in [0, 0.1) is 11.8 Å². The summed E-state index contributed by atoms with van der Waals surface area (Å²) in [5.74, 6) is -4.09. The highest BCUT2D eigenvalue weighted by Gasteiger charge is 2.68. The monoisotopic (exact) mass is 457 g/mol. The number of aromatic nitrogens is 1. The maximum atomic E-state index is 13.7. The number of likely N-dealkylation sites (tertiary alicyclic amines) is 1. The number of imide groups is 1. The molecule has 0 radical (unpaired) electrons. The lowest BCUT2D eigenvalue weighted by molar-refractivity contribution is -0.151. The number of phenolic OH excluding ortho intramolecular Hbond substituents is 1. The molecule has 3 heterocycles. The first-order valence-electron chi connectivity index (χ1n) is 11.0. The summed E-state index contributed by atoms with van der Waals surface area (Å²) in [5, 5.41) is 23.2. The Bertz CT molecular complexity index is 1230. The molecule has 3 aromatic rings. The molecular weight excluding hydrogens is 434 g/mol. The molecule has 0 aliphatic carbocycles. The molecule has 172 valence electrons. The van der Waals surface area contributed by atoms with E-state index in [1.54, 1.807) is 36.5 Å². The lowest BCUT2D eigenvalue weighted by Crippen LogP contribution is -2.57. The second-order valence-corrected chi connectivity index (χ2v) is 8.75. The van der Waals surface area contributed by atoms with Crippen LogP contribution in [0.2, 0.25) is 0 Å². The third kappa shape index (κ3) is 3.52. The van der Waals surface area contributed by atoms with Crippen LogP contribution in [0.25, 0.3) is 0 Å². The van der Waals surface area contributed by atoms with Crippen molar-refractivity contribution >= 4 is 17.8 Å². The van der Waals surface area contributed by atoms with Crippen molar-refractivity contribution in [1.82, 2.24) is 15.2 Å². The lowest BCUT2D eigenvalue weighted by atomic mass is 9.76. The van der Waals surface area contributed by atoms with E-state index in [9.17, 15) is 24.6 Å². The number of rotatable bonds is 6. The number of pyridine rings is 1. The average Bonchev–Trinajstić information content (AvgIpc) is 3.32. The van der Waals surface area contributed by atoms with Crippen LogP contribution in [0.3, 0.4) is 0 Å². The van der Waals surface area contributed by atoms with Gasteiger partial charge in [0.25, 0.3) is 0 Å². The highest BCUT2D eigenvalue weighted by atomic mass is 16.4. The molecule has 34 heavy (non-hydrogen) atoms. The van der Waals surface area contributed by atoms with Gasteiger partial charge in [-0.2, -0.15) is 0 Å². The van der Waals surface area contributed by atoms with Crippen LogP contribution in [-0.4, -0.2) is 43.4 Å². The zero-order valence-corrected chi connectivity index (χ0v) is 18.2. The van der Waals surface area contributed by atoms with Gasteiger partial charge in [0, 0.05) is 12.6 Å². The highest BCUT2D eigenvalue weighted by molar-refractivity contribution is 6.09. The van der Waals surface area contributed by atoms with Gasteiger partial charge in [-0.05, 0) is 35.4 Å². The van der Waals surface area contributed by atoms with Gasteiger partial charge in [-0.15, -0.1) is 0 Å². The zero-order chi connectivity index (χ0) is 23.9. The van der Waals surface area contributed by atoms with Crippen molar-refractivity contribution in [1.29, 1.82) is 0 Å². The SMILES string of the molecule is O=C1C2C(c3ccccn3)NC(Cc3ccc(O)cc3)(C(=O)O)C2C(=O)N1Cc1ccccc1. The largest absolute Gasteiger partial charge is 0.508 e. The first kappa shape index (κ1) is 21.8. The topological polar surface area (TPSA) is 120 Å². The van der Waals surface area contributed by atoms with E-state index >= 15 is 0 Å². The number of phenols is 1. The number of nitrogens with one attached hydrogen (secondary N) is 1. The molecule has 2 saturated heterocycles. The summed E-state index contributed by atoms with van der Waals surface area (Å²) in [6.45, 7) is 0.0787. The minimum atomic E-state index is -1.72. The highest BCUT2D eigenvalue weighted by Crippen LogP contribution is 2.50. The standard InChI is InChI=1S/C26H23N3O5/c30-18-11-9-16(10-12-18)14-26(25(33)34)21-20(22(28-26)19-8-4-5-13-27-19)23(31)29(24(21)32)15-17-6-2-1-3-7-17/h1-13,20-22,28,30H,14-15H2,(H,33,34). The summed E-state index contributed by atoms with van der Waals surface area (Å²) in [6.07, 6.45) is 1.54. The molecule has 2 fully saturated rings. The Hall–Kier alpha value is -4.04. The van der Waals surface area contributed by atoms with Gasteiger partial charge in [0.1, 0.15) is 11.3 Å². The summed E-state index contributed by atoms with van der Waals surface area (Å²) < 4.78 is 0. The number of fused-ring (bicyclic) bond motifs is 1. The number of carboxylic acids is 1.